The Morgan fingerprint density at radius 3 is 2.37 bits per heavy atom. The number of anilines is 2. The van der Waals surface area contributed by atoms with Crippen molar-refractivity contribution in [3.05, 3.63) is 71.4 Å². The zero-order valence-corrected chi connectivity index (χ0v) is 23.3. The quantitative estimate of drug-likeness (QED) is 0.393. The van der Waals surface area contributed by atoms with Crippen molar-refractivity contribution < 1.29 is 0 Å². The molecule has 0 saturated carbocycles. The molecule has 2 aliphatic heterocycles. The lowest BCUT2D eigenvalue weighted by atomic mass is 10.0. The van der Waals surface area contributed by atoms with Crippen LogP contribution in [0.5, 0.6) is 0 Å². The van der Waals surface area contributed by atoms with Crippen molar-refractivity contribution in [2.45, 2.75) is 45.8 Å². The number of rotatable bonds is 10. The first-order valence-corrected chi connectivity index (χ1v) is 14.2. The van der Waals surface area contributed by atoms with Gasteiger partial charge in [-0.05, 0) is 49.8 Å². The number of benzene rings is 2. The smallest absolute Gasteiger partial charge is 0.161 e. The summed E-state index contributed by atoms with van der Waals surface area (Å²) in [4.78, 5) is 17.6. The van der Waals surface area contributed by atoms with Crippen LogP contribution < -0.4 is 15.5 Å². The van der Waals surface area contributed by atoms with E-state index in [-0.39, 0.29) is 0 Å². The molecule has 1 saturated heterocycles. The van der Waals surface area contributed by atoms with Crippen molar-refractivity contribution in [3.8, 4) is 11.4 Å². The van der Waals surface area contributed by atoms with Crippen molar-refractivity contribution in [1.29, 1.82) is 0 Å². The standard InChI is InChI=1S/C31H43N7/c1-24(2)32-15-7-16-33-31-28-23-37(22-25-8-5-4-6-9-25)17-14-29(28)34-30(35-31)26-10-12-27(13-11-26)38-20-18-36(3)19-21-38/h4-6,8-13,24,32H,7,14-23H2,1-3H3,(H,33,34,35). The summed E-state index contributed by atoms with van der Waals surface area (Å²) < 4.78 is 0. The van der Waals surface area contributed by atoms with E-state index in [1.54, 1.807) is 0 Å². The molecule has 1 fully saturated rings. The average Bonchev–Trinajstić information content (AvgIpc) is 2.94. The van der Waals surface area contributed by atoms with Gasteiger partial charge in [-0.1, -0.05) is 44.2 Å². The summed E-state index contributed by atoms with van der Waals surface area (Å²) in [5, 5.41) is 7.19. The number of nitrogens with zero attached hydrogens (tertiary/aromatic N) is 5. The maximum absolute atomic E-state index is 5.09. The van der Waals surface area contributed by atoms with Crippen LogP contribution in [0.2, 0.25) is 0 Å². The Balaban J connectivity index is 1.34. The molecule has 0 aliphatic carbocycles. The monoisotopic (exact) mass is 513 g/mol. The fourth-order valence-electron chi connectivity index (χ4n) is 5.29. The molecule has 202 valence electrons. The largest absolute Gasteiger partial charge is 0.370 e. The molecule has 2 N–H and O–H groups in total. The van der Waals surface area contributed by atoms with Crippen molar-refractivity contribution in [1.82, 2.24) is 25.1 Å². The molecule has 0 radical (unpaired) electrons. The van der Waals surface area contributed by atoms with E-state index in [1.807, 2.05) is 0 Å². The SMILES string of the molecule is CC(C)NCCCNc1nc(-c2ccc(N3CCN(C)CC3)cc2)nc2c1CN(Cc1ccccc1)CC2. The van der Waals surface area contributed by atoms with E-state index in [0.717, 1.165) is 89.0 Å². The van der Waals surface area contributed by atoms with Crippen LogP contribution in [-0.2, 0) is 19.5 Å². The molecular weight excluding hydrogens is 470 g/mol. The normalized spacial score (nSPS) is 16.6. The van der Waals surface area contributed by atoms with Gasteiger partial charge in [-0.25, -0.2) is 9.97 Å². The summed E-state index contributed by atoms with van der Waals surface area (Å²) in [6.07, 6.45) is 2.00. The number of likely N-dealkylation sites (N-methyl/N-ethyl adjacent to an activating group) is 1. The minimum absolute atomic E-state index is 0.508. The maximum atomic E-state index is 5.09. The molecule has 0 unspecified atom stereocenters. The minimum Gasteiger partial charge on any atom is -0.370 e. The molecule has 5 rings (SSSR count). The Kier molecular flexibility index (Phi) is 8.89. The van der Waals surface area contributed by atoms with Gasteiger partial charge in [-0.15, -0.1) is 0 Å². The lowest BCUT2D eigenvalue weighted by Crippen LogP contribution is -2.44. The van der Waals surface area contributed by atoms with Gasteiger partial charge >= 0.3 is 0 Å². The van der Waals surface area contributed by atoms with E-state index >= 15 is 0 Å². The van der Waals surface area contributed by atoms with Crippen LogP contribution >= 0.6 is 0 Å². The first-order valence-electron chi connectivity index (χ1n) is 14.2. The van der Waals surface area contributed by atoms with Gasteiger partial charge in [0.1, 0.15) is 5.82 Å². The van der Waals surface area contributed by atoms with Crippen molar-refractivity contribution in [2.24, 2.45) is 0 Å². The highest BCUT2D eigenvalue weighted by Gasteiger charge is 2.23. The Morgan fingerprint density at radius 1 is 0.868 bits per heavy atom. The van der Waals surface area contributed by atoms with Crippen molar-refractivity contribution in [2.75, 3.05) is 63.1 Å². The predicted octanol–water partition coefficient (Wildman–Crippen LogP) is 4.25. The number of hydrogen-bond donors (Lipinski definition) is 2. The number of aromatic nitrogens is 2. The Labute approximate surface area is 228 Å². The van der Waals surface area contributed by atoms with E-state index in [0.29, 0.717) is 6.04 Å². The molecule has 3 aromatic rings. The van der Waals surface area contributed by atoms with E-state index < -0.39 is 0 Å². The molecule has 3 heterocycles. The van der Waals surface area contributed by atoms with Crippen molar-refractivity contribution >= 4 is 11.5 Å². The summed E-state index contributed by atoms with van der Waals surface area (Å²) in [5.74, 6) is 1.82. The zero-order valence-electron chi connectivity index (χ0n) is 23.3. The predicted molar refractivity (Wildman–Crippen MR) is 158 cm³/mol. The van der Waals surface area contributed by atoms with Crippen LogP contribution in [0.25, 0.3) is 11.4 Å². The second-order valence-corrected chi connectivity index (χ2v) is 11.0. The molecule has 7 nitrogen and oxygen atoms in total. The fraction of sp³-hybridized carbons (Fsp3) is 0.484. The molecule has 7 heteroatoms. The molecule has 1 aromatic heterocycles. The van der Waals surface area contributed by atoms with E-state index in [2.05, 4.69) is 101 Å². The number of nitrogens with one attached hydrogen (secondary N) is 2. The lowest BCUT2D eigenvalue weighted by Gasteiger charge is -2.34. The van der Waals surface area contributed by atoms with Gasteiger partial charge in [0.15, 0.2) is 5.82 Å². The van der Waals surface area contributed by atoms with Gasteiger partial charge in [0.25, 0.3) is 0 Å². The Hall–Kier alpha value is -3.00. The molecule has 2 aliphatic rings. The molecule has 38 heavy (non-hydrogen) atoms. The molecule has 0 bridgehead atoms. The summed E-state index contributed by atoms with van der Waals surface area (Å²) >= 11 is 0. The zero-order chi connectivity index (χ0) is 26.3. The second-order valence-electron chi connectivity index (χ2n) is 11.0. The highest BCUT2D eigenvalue weighted by atomic mass is 15.2. The molecule has 0 amide bonds. The molecule has 2 aromatic carbocycles. The summed E-state index contributed by atoms with van der Waals surface area (Å²) in [6.45, 7) is 13.5. The second kappa shape index (κ2) is 12.7. The van der Waals surface area contributed by atoms with Gasteiger partial charge in [0.05, 0.1) is 5.69 Å². The number of hydrogen-bond acceptors (Lipinski definition) is 7. The highest BCUT2D eigenvalue weighted by molar-refractivity contribution is 5.63. The third-order valence-electron chi connectivity index (χ3n) is 7.58. The van der Waals surface area contributed by atoms with E-state index in [4.69, 9.17) is 9.97 Å². The van der Waals surface area contributed by atoms with Gasteiger partial charge in [-0.3, -0.25) is 4.90 Å². The van der Waals surface area contributed by atoms with Gasteiger partial charge in [0.2, 0.25) is 0 Å². The van der Waals surface area contributed by atoms with Crippen LogP contribution in [0.3, 0.4) is 0 Å². The van der Waals surface area contributed by atoms with E-state index in [1.165, 1.54) is 22.5 Å². The summed E-state index contributed by atoms with van der Waals surface area (Å²) in [5.41, 5.74) is 6.16. The topological polar surface area (TPSA) is 59.6 Å². The average molecular weight is 514 g/mol. The van der Waals surface area contributed by atoms with Crippen LogP contribution in [0.15, 0.2) is 54.6 Å². The fourth-order valence-corrected chi connectivity index (χ4v) is 5.29. The Morgan fingerprint density at radius 2 is 1.63 bits per heavy atom. The third-order valence-corrected chi connectivity index (χ3v) is 7.58. The first kappa shape index (κ1) is 26.6. The lowest BCUT2D eigenvalue weighted by molar-refractivity contribution is 0.243. The molecular formula is C31H43N7. The summed E-state index contributed by atoms with van der Waals surface area (Å²) in [6, 6.07) is 20.1. The van der Waals surface area contributed by atoms with Crippen LogP contribution in [0.1, 0.15) is 37.1 Å². The number of fused-ring (bicyclic) bond motifs is 1. The van der Waals surface area contributed by atoms with E-state index in [9.17, 15) is 0 Å². The molecule has 0 spiro atoms. The summed E-state index contributed by atoms with van der Waals surface area (Å²) in [7, 11) is 2.20. The molecule has 0 atom stereocenters. The third kappa shape index (κ3) is 6.90. The highest BCUT2D eigenvalue weighted by Crippen LogP contribution is 2.29. The minimum atomic E-state index is 0.508. The van der Waals surface area contributed by atoms with Gasteiger partial charge < -0.3 is 20.4 Å². The van der Waals surface area contributed by atoms with Crippen molar-refractivity contribution in [3.63, 3.8) is 0 Å². The van der Waals surface area contributed by atoms with Crippen LogP contribution in [0, 0.1) is 0 Å². The Bertz CT molecular complexity index is 1150. The first-order chi connectivity index (χ1) is 18.5. The van der Waals surface area contributed by atoms with Crippen LogP contribution in [-0.4, -0.2) is 78.7 Å². The van der Waals surface area contributed by atoms with Gasteiger partial charge in [0, 0.05) is 81.6 Å². The maximum Gasteiger partial charge on any atom is 0.161 e. The van der Waals surface area contributed by atoms with Gasteiger partial charge in [-0.2, -0.15) is 0 Å². The number of piperazine rings is 1. The van der Waals surface area contributed by atoms with Crippen LogP contribution in [0.4, 0.5) is 11.5 Å².